The van der Waals surface area contributed by atoms with Crippen molar-refractivity contribution in [3.8, 4) is 0 Å². The summed E-state index contributed by atoms with van der Waals surface area (Å²) in [4.78, 5) is 22.4. The average Bonchev–Trinajstić information content (AvgIpc) is 2.70. The lowest BCUT2D eigenvalue weighted by Gasteiger charge is -2.18. The Bertz CT molecular complexity index is 402. The second kappa shape index (κ2) is 6.34. The molecule has 0 aliphatic rings. The van der Waals surface area contributed by atoms with Crippen LogP contribution in [0, 0.1) is 6.92 Å². The van der Waals surface area contributed by atoms with Crippen LogP contribution in [0.15, 0.2) is 16.5 Å². The molecule has 0 radical (unpaired) electrons. The van der Waals surface area contributed by atoms with Crippen molar-refractivity contribution in [1.82, 2.24) is 5.32 Å². The molecule has 1 rings (SSSR count). The third kappa shape index (κ3) is 4.14. The van der Waals surface area contributed by atoms with Crippen LogP contribution in [0.5, 0.6) is 0 Å². The van der Waals surface area contributed by atoms with E-state index in [2.05, 4.69) is 5.32 Å². The van der Waals surface area contributed by atoms with Crippen LogP contribution in [0.3, 0.4) is 0 Å². The first-order chi connectivity index (χ1) is 8.04. The number of nitrogens with one attached hydrogen (secondary N) is 1. The molecule has 0 unspecified atom stereocenters. The summed E-state index contributed by atoms with van der Waals surface area (Å²) in [5.41, 5.74) is 0. The molecule has 6 heteroatoms. The first-order valence-corrected chi connectivity index (χ1v) is 6.51. The Morgan fingerprint density at radius 2 is 2.24 bits per heavy atom. The maximum absolute atomic E-state index is 11.6. The number of aryl methyl sites for hydroxylation is 1. The van der Waals surface area contributed by atoms with Crippen molar-refractivity contribution in [2.75, 3.05) is 12.0 Å². The lowest BCUT2D eigenvalue weighted by Crippen LogP contribution is -2.48. The highest BCUT2D eigenvalue weighted by atomic mass is 32.2. The molecule has 1 amide bonds. The zero-order valence-corrected chi connectivity index (χ0v) is 10.5. The predicted molar refractivity (Wildman–Crippen MR) is 62.7 cm³/mol. The van der Waals surface area contributed by atoms with Gasteiger partial charge in [-0.3, -0.25) is 4.79 Å². The Labute approximate surface area is 104 Å². The Morgan fingerprint density at radius 3 is 2.71 bits per heavy atom. The lowest BCUT2D eigenvalue weighted by atomic mass is 10.2. The molecule has 0 fully saturated rings. The van der Waals surface area contributed by atoms with E-state index >= 15 is 0 Å². The Hall–Kier alpha value is -1.43. The van der Waals surface area contributed by atoms with Crippen molar-refractivity contribution in [3.05, 3.63) is 23.7 Å². The van der Waals surface area contributed by atoms with E-state index in [4.69, 9.17) is 4.42 Å². The first-order valence-electron chi connectivity index (χ1n) is 5.11. The van der Waals surface area contributed by atoms with Crippen LogP contribution in [-0.2, 0) is 4.79 Å². The largest absolute Gasteiger partial charge is 0.548 e. The minimum absolute atomic E-state index is 0.109. The molecule has 0 saturated carbocycles. The number of carbonyl (C=O) groups is 2. The SMILES string of the molecule is CSCC[C@H](NC(=O)c1ccc(C)o1)C(=O)[O-]. The summed E-state index contributed by atoms with van der Waals surface area (Å²) in [6.07, 6.45) is 2.19. The molecule has 0 saturated heterocycles. The molecule has 0 bridgehead atoms. The van der Waals surface area contributed by atoms with E-state index < -0.39 is 17.9 Å². The van der Waals surface area contributed by atoms with Gasteiger partial charge in [0.25, 0.3) is 5.91 Å². The second-order valence-corrected chi connectivity index (χ2v) is 4.52. The Balaban J connectivity index is 2.60. The molecule has 5 nitrogen and oxygen atoms in total. The van der Waals surface area contributed by atoms with Gasteiger partial charge in [0.1, 0.15) is 5.76 Å². The lowest BCUT2D eigenvalue weighted by molar-refractivity contribution is -0.308. The standard InChI is InChI=1S/C11H15NO4S/c1-7-3-4-9(16-7)10(13)12-8(11(14)15)5-6-17-2/h3-4,8H,5-6H2,1-2H3,(H,12,13)(H,14,15)/p-1/t8-/m0/s1. The fourth-order valence-corrected chi connectivity index (χ4v) is 1.74. The number of carboxylic acid groups (broad SMARTS) is 1. The molecule has 17 heavy (non-hydrogen) atoms. The summed E-state index contributed by atoms with van der Waals surface area (Å²) in [5, 5.41) is 13.2. The third-order valence-corrected chi connectivity index (χ3v) is 2.81. The minimum atomic E-state index is -1.28. The van der Waals surface area contributed by atoms with Crippen molar-refractivity contribution in [1.29, 1.82) is 0 Å². The molecule has 0 aliphatic heterocycles. The van der Waals surface area contributed by atoms with E-state index in [1.807, 2.05) is 6.26 Å². The van der Waals surface area contributed by atoms with Gasteiger partial charge in [-0.2, -0.15) is 11.8 Å². The minimum Gasteiger partial charge on any atom is -0.548 e. The third-order valence-electron chi connectivity index (χ3n) is 2.16. The zero-order chi connectivity index (χ0) is 12.8. The van der Waals surface area contributed by atoms with Crippen LogP contribution in [-0.4, -0.2) is 29.9 Å². The number of hydrogen-bond acceptors (Lipinski definition) is 5. The molecule has 1 aromatic heterocycles. The van der Waals surface area contributed by atoms with Crippen molar-refractivity contribution in [2.24, 2.45) is 0 Å². The molecule has 0 aliphatic carbocycles. The summed E-state index contributed by atoms with van der Waals surface area (Å²) in [5.74, 6) is -0.470. The van der Waals surface area contributed by atoms with Crippen LogP contribution >= 0.6 is 11.8 Å². The first kappa shape index (κ1) is 13.6. The van der Waals surface area contributed by atoms with Crippen molar-refractivity contribution in [2.45, 2.75) is 19.4 Å². The number of carbonyl (C=O) groups excluding carboxylic acids is 2. The average molecular weight is 256 g/mol. The maximum Gasteiger partial charge on any atom is 0.287 e. The molecule has 1 aromatic rings. The van der Waals surface area contributed by atoms with Gasteiger partial charge in [-0.05, 0) is 37.5 Å². The maximum atomic E-state index is 11.6. The Kier molecular flexibility index (Phi) is 5.09. The van der Waals surface area contributed by atoms with Gasteiger partial charge in [-0.15, -0.1) is 0 Å². The smallest absolute Gasteiger partial charge is 0.287 e. The van der Waals surface area contributed by atoms with Crippen LogP contribution in [0.2, 0.25) is 0 Å². The summed E-state index contributed by atoms with van der Waals surface area (Å²) in [7, 11) is 0. The predicted octanol–water partition coefficient (Wildman–Crippen LogP) is 0.189. The van der Waals surface area contributed by atoms with Gasteiger partial charge < -0.3 is 19.6 Å². The van der Waals surface area contributed by atoms with Crippen molar-refractivity contribution >= 4 is 23.6 Å². The van der Waals surface area contributed by atoms with Gasteiger partial charge in [0, 0.05) is 0 Å². The second-order valence-electron chi connectivity index (χ2n) is 3.54. The zero-order valence-electron chi connectivity index (χ0n) is 9.69. The fraction of sp³-hybridized carbons (Fsp3) is 0.455. The number of furan rings is 1. The molecule has 0 aromatic carbocycles. The highest BCUT2D eigenvalue weighted by molar-refractivity contribution is 7.98. The Morgan fingerprint density at radius 1 is 1.53 bits per heavy atom. The number of thioether (sulfide) groups is 1. The topological polar surface area (TPSA) is 82.4 Å². The van der Waals surface area contributed by atoms with E-state index in [9.17, 15) is 14.7 Å². The van der Waals surface area contributed by atoms with Gasteiger partial charge >= 0.3 is 0 Å². The van der Waals surface area contributed by atoms with E-state index in [0.717, 1.165) is 0 Å². The van der Waals surface area contributed by atoms with Crippen molar-refractivity contribution < 1.29 is 19.1 Å². The van der Waals surface area contributed by atoms with E-state index in [0.29, 0.717) is 17.9 Å². The van der Waals surface area contributed by atoms with Crippen LogP contribution in [0.25, 0.3) is 0 Å². The number of rotatable bonds is 6. The number of carboxylic acids is 1. The molecule has 0 spiro atoms. The molecular formula is C11H14NO4S-. The van der Waals surface area contributed by atoms with Crippen LogP contribution < -0.4 is 10.4 Å². The summed E-state index contributed by atoms with van der Waals surface area (Å²) < 4.78 is 5.10. The number of hydrogen-bond donors (Lipinski definition) is 1. The molecule has 1 atom stereocenters. The monoisotopic (exact) mass is 256 g/mol. The van der Waals surface area contributed by atoms with Crippen LogP contribution in [0.4, 0.5) is 0 Å². The summed E-state index contributed by atoms with van der Waals surface area (Å²) >= 11 is 1.51. The molecule has 1 heterocycles. The summed E-state index contributed by atoms with van der Waals surface area (Å²) in [6, 6.07) is 2.16. The fourth-order valence-electron chi connectivity index (χ4n) is 1.27. The highest BCUT2D eigenvalue weighted by Gasteiger charge is 2.16. The van der Waals surface area contributed by atoms with E-state index in [1.165, 1.54) is 17.8 Å². The number of amides is 1. The molecule has 94 valence electrons. The number of aliphatic carboxylic acids is 1. The molecule has 1 N–H and O–H groups in total. The highest BCUT2D eigenvalue weighted by Crippen LogP contribution is 2.07. The van der Waals surface area contributed by atoms with E-state index in [1.54, 1.807) is 13.0 Å². The van der Waals surface area contributed by atoms with Gasteiger partial charge in [0.05, 0.1) is 12.0 Å². The molecular weight excluding hydrogens is 242 g/mol. The van der Waals surface area contributed by atoms with Crippen molar-refractivity contribution in [3.63, 3.8) is 0 Å². The van der Waals surface area contributed by atoms with E-state index in [-0.39, 0.29) is 5.76 Å². The van der Waals surface area contributed by atoms with Crippen LogP contribution in [0.1, 0.15) is 22.7 Å². The van der Waals surface area contributed by atoms with Gasteiger partial charge in [-0.1, -0.05) is 0 Å². The summed E-state index contributed by atoms with van der Waals surface area (Å²) in [6.45, 7) is 1.71. The van der Waals surface area contributed by atoms with Gasteiger partial charge in [-0.25, -0.2) is 0 Å². The van der Waals surface area contributed by atoms with Gasteiger partial charge in [0.2, 0.25) is 0 Å². The quantitative estimate of drug-likeness (QED) is 0.785. The van der Waals surface area contributed by atoms with Gasteiger partial charge in [0.15, 0.2) is 5.76 Å². The normalized spacial score (nSPS) is 12.1.